The Hall–Kier alpha value is -0.660. The highest BCUT2D eigenvalue weighted by atomic mass is 79.9. The summed E-state index contributed by atoms with van der Waals surface area (Å²) in [7, 11) is 0. The van der Waals surface area contributed by atoms with Crippen LogP contribution in [-0.2, 0) is 13.0 Å². The summed E-state index contributed by atoms with van der Waals surface area (Å²) in [5.74, 6) is 0. The van der Waals surface area contributed by atoms with E-state index >= 15 is 0 Å². The standard InChI is InChI=1S/C15H15BrClN3S2/c1-8(18)5-11-13(16)14-15(22-11)10(6-12(17)20-14)19-7-9-3-2-4-21-9/h2-4,6,8H,5,7,18H2,1H3,(H,19,20)/t8-/m0/s1. The van der Waals surface area contributed by atoms with E-state index in [-0.39, 0.29) is 6.04 Å². The van der Waals surface area contributed by atoms with Gasteiger partial charge in [-0.15, -0.1) is 22.7 Å². The molecule has 3 N–H and O–H groups in total. The van der Waals surface area contributed by atoms with Crippen LogP contribution in [0.2, 0.25) is 5.15 Å². The van der Waals surface area contributed by atoms with Gasteiger partial charge in [0.05, 0.1) is 20.4 Å². The maximum Gasteiger partial charge on any atom is 0.131 e. The van der Waals surface area contributed by atoms with Gasteiger partial charge in [0.2, 0.25) is 0 Å². The number of hydrogen-bond acceptors (Lipinski definition) is 5. The Morgan fingerprint density at radius 2 is 2.32 bits per heavy atom. The van der Waals surface area contributed by atoms with Gasteiger partial charge in [-0.3, -0.25) is 0 Å². The maximum atomic E-state index is 6.18. The van der Waals surface area contributed by atoms with Gasteiger partial charge in [0, 0.05) is 28.4 Å². The van der Waals surface area contributed by atoms with Gasteiger partial charge in [-0.2, -0.15) is 0 Å². The molecule has 22 heavy (non-hydrogen) atoms. The van der Waals surface area contributed by atoms with Crippen molar-refractivity contribution in [3.05, 3.63) is 43.0 Å². The SMILES string of the molecule is C[C@H](N)Cc1sc2c(NCc3cccs3)cc(Cl)nc2c1Br. The quantitative estimate of drug-likeness (QED) is 0.557. The average molecular weight is 417 g/mol. The highest BCUT2D eigenvalue weighted by Gasteiger charge is 2.16. The van der Waals surface area contributed by atoms with Gasteiger partial charge in [-0.1, -0.05) is 17.7 Å². The number of aromatic nitrogens is 1. The minimum atomic E-state index is 0.113. The van der Waals surface area contributed by atoms with E-state index < -0.39 is 0 Å². The lowest BCUT2D eigenvalue weighted by molar-refractivity contribution is 0.745. The van der Waals surface area contributed by atoms with Crippen molar-refractivity contribution >= 4 is 66.1 Å². The Morgan fingerprint density at radius 1 is 1.50 bits per heavy atom. The monoisotopic (exact) mass is 415 g/mol. The number of thiophene rings is 2. The second-order valence-electron chi connectivity index (χ2n) is 5.12. The van der Waals surface area contributed by atoms with Crippen LogP contribution in [0.15, 0.2) is 28.1 Å². The first-order chi connectivity index (χ1) is 10.5. The van der Waals surface area contributed by atoms with Crippen LogP contribution in [0.5, 0.6) is 0 Å². The number of hydrogen-bond donors (Lipinski definition) is 2. The normalized spacial score (nSPS) is 12.7. The molecule has 3 nitrogen and oxygen atoms in total. The molecule has 0 aliphatic carbocycles. The first-order valence-electron chi connectivity index (χ1n) is 6.84. The van der Waals surface area contributed by atoms with Crippen LogP contribution in [0.25, 0.3) is 10.2 Å². The van der Waals surface area contributed by atoms with Crippen molar-refractivity contribution in [2.75, 3.05) is 5.32 Å². The lowest BCUT2D eigenvalue weighted by Gasteiger charge is -2.06. The summed E-state index contributed by atoms with van der Waals surface area (Å²) in [5.41, 5.74) is 7.85. The predicted octanol–water partition coefficient (Wildman–Crippen LogP) is 5.28. The van der Waals surface area contributed by atoms with Crippen LogP contribution in [0.4, 0.5) is 5.69 Å². The van der Waals surface area contributed by atoms with Crippen LogP contribution in [0.3, 0.4) is 0 Å². The van der Waals surface area contributed by atoms with Crippen molar-refractivity contribution in [3.8, 4) is 0 Å². The number of halogens is 2. The third kappa shape index (κ3) is 3.46. The first-order valence-corrected chi connectivity index (χ1v) is 9.70. The van der Waals surface area contributed by atoms with E-state index in [0.29, 0.717) is 5.15 Å². The molecular weight excluding hydrogens is 402 g/mol. The number of nitrogens with one attached hydrogen (secondary N) is 1. The van der Waals surface area contributed by atoms with Crippen LogP contribution in [0, 0.1) is 0 Å². The highest BCUT2D eigenvalue weighted by Crippen LogP contribution is 2.40. The molecule has 0 aliphatic rings. The number of nitrogens with zero attached hydrogens (tertiary/aromatic N) is 1. The van der Waals surface area contributed by atoms with Crippen molar-refractivity contribution in [2.45, 2.75) is 25.9 Å². The largest absolute Gasteiger partial charge is 0.379 e. The molecule has 116 valence electrons. The second kappa shape index (κ2) is 6.84. The zero-order valence-corrected chi connectivity index (χ0v) is 15.9. The molecule has 0 unspecified atom stereocenters. The first kappa shape index (κ1) is 16.2. The fraction of sp³-hybridized carbons (Fsp3) is 0.267. The van der Waals surface area contributed by atoms with E-state index in [4.69, 9.17) is 17.3 Å². The lowest BCUT2D eigenvalue weighted by Crippen LogP contribution is -2.17. The molecule has 0 bridgehead atoms. The van der Waals surface area contributed by atoms with E-state index in [1.807, 2.05) is 13.0 Å². The summed E-state index contributed by atoms with van der Waals surface area (Å²) in [6, 6.07) is 6.17. The zero-order chi connectivity index (χ0) is 15.7. The third-order valence-corrected chi connectivity index (χ3v) is 6.58. The zero-order valence-electron chi connectivity index (χ0n) is 11.9. The predicted molar refractivity (Wildman–Crippen MR) is 101 cm³/mol. The van der Waals surface area contributed by atoms with E-state index in [1.165, 1.54) is 9.75 Å². The van der Waals surface area contributed by atoms with E-state index in [1.54, 1.807) is 22.7 Å². The molecule has 0 fully saturated rings. The van der Waals surface area contributed by atoms with Gasteiger partial charge < -0.3 is 11.1 Å². The molecule has 0 spiro atoms. The smallest absolute Gasteiger partial charge is 0.131 e. The molecule has 0 saturated heterocycles. The summed E-state index contributed by atoms with van der Waals surface area (Å²) < 4.78 is 2.12. The Kier molecular flexibility index (Phi) is 5.04. The van der Waals surface area contributed by atoms with E-state index in [2.05, 4.69) is 43.7 Å². The van der Waals surface area contributed by atoms with Crippen LogP contribution in [-0.4, -0.2) is 11.0 Å². The van der Waals surface area contributed by atoms with Crippen molar-refractivity contribution < 1.29 is 0 Å². The molecular formula is C15H15BrClN3S2. The number of fused-ring (bicyclic) bond motifs is 1. The molecule has 3 aromatic heterocycles. The molecule has 3 aromatic rings. The lowest BCUT2D eigenvalue weighted by atomic mass is 10.2. The van der Waals surface area contributed by atoms with Crippen molar-refractivity contribution in [3.63, 3.8) is 0 Å². The van der Waals surface area contributed by atoms with Gasteiger partial charge in [0.1, 0.15) is 5.15 Å². The van der Waals surface area contributed by atoms with Gasteiger partial charge in [-0.05, 0) is 40.7 Å². The van der Waals surface area contributed by atoms with Gasteiger partial charge in [0.25, 0.3) is 0 Å². The topological polar surface area (TPSA) is 50.9 Å². The molecule has 0 radical (unpaired) electrons. The Labute approximate surface area is 150 Å². The Morgan fingerprint density at radius 3 is 3.00 bits per heavy atom. The van der Waals surface area contributed by atoms with Crippen molar-refractivity contribution in [1.29, 1.82) is 0 Å². The summed E-state index contributed by atoms with van der Waals surface area (Å²) in [4.78, 5) is 6.95. The molecule has 3 heterocycles. The molecule has 0 aromatic carbocycles. The minimum Gasteiger partial charge on any atom is -0.379 e. The Bertz CT molecular complexity index is 784. The van der Waals surface area contributed by atoms with Crippen LogP contribution >= 0.6 is 50.2 Å². The highest BCUT2D eigenvalue weighted by molar-refractivity contribution is 9.10. The van der Waals surface area contributed by atoms with Gasteiger partial charge in [-0.25, -0.2) is 4.98 Å². The number of rotatable bonds is 5. The summed E-state index contributed by atoms with van der Waals surface area (Å²) in [6.07, 6.45) is 0.823. The summed E-state index contributed by atoms with van der Waals surface area (Å²) >= 11 is 13.3. The fourth-order valence-electron chi connectivity index (χ4n) is 2.20. The molecule has 1 atom stereocenters. The third-order valence-electron chi connectivity index (χ3n) is 3.16. The van der Waals surface area contributed by atoms with E-state index in [9.17, 15) is 0 Å². The fourth-order valence-corrected chi connectivity index (χ4v) is 5.13. The van der Waals surface area contributed by atoms with Crippen molar-refractivity contribution in [2.24, 2.45) is 5.73 Å². The van der Waals surface area contributed by atoms with Crippen molar-refractivity contribution in [1.82, 2.24) is 4.98 Å². The molecule has 7 heteroatoms. The number of nitrogens with two attached hydrogens (primary N) is 1. The second-order valence-corrected chi connectivity index (χ2v) is 8.44. The maximum absolute atomic E-state index is 6.18. The number of anilines is 1. The van der Waals surface area contributed by atoms with Gasteiger partial charge in [0.15, 0.2) is 0 Å². The Balaban J connectivity index is 1.98. The van der Waals surface area contributed by atoms with Crippen LogP contribution in [0.1, 0.15) is 16.7 Å². The molecule has 0 aliphatic heterocycles. The summed E-state index contributed by atoms with van der Waals surface area (Å²) in [6.45, 7) is 2.79. The molecule has 0 amide bonds. The number of pyridine rings is 1. The minimum absolute atomic E-state index is 0.113. The molecule has 3 rings (SSSR count). The summed E-state index contributed by atoms with van der Waals surface area (Å²) in [5, 5.41) is 6.04. The van der Waals surface area contributed by atoms with E-state index in [0.717, 1.165) is 33.3 Å². The van der Waals surface area contributed by atoms with Crippen LogP contribution < -0.4 is 11.1 Å². The average Bonchev–Trinajstić information content (AvgIpc) is 3.07. The van der Waals surface area contributed by atoms with Gasteiger partial charge >= 0.3 is 0 Å². The molecule has 0 saturated carbocycles.